The van der Waals surface area contributed by atoms with Crippen LogP contribution in [0.5, 0.6) is 5.75 Å². The third-order valence-corrected chi connectivity index (χ3v) is 2.17. The van der Waals surface area contributed by atoms with E-state index in [2.05, 4.69) is 0 Å². The summed E-state index contributed by atoms with van der Waals surface area (Å²) in [6.45, 7) is 0. The lowest BCUT2D eigenvalue weighted by Crippen LogP contribution is -1.85. The second kappa shape index (κ2) is 3.25. The molecule has 2 rings (SSSR count). The minimum absolute atomic E-state index is 0.316. The SMILES string of the molecule is Oc1c(C(F)F)ccc2ccccc12. The van der Waals surface area contributed by atoms with Crippen molar-refractivity contribution >= 4 is 10.8 Å². The van der Waals surface area contributed by atoms with Crippen molar-refractivity contribution in [3.8, 4) is 5.75 Å². The summed E-state index contributed by atoms with van der Waals surface area (Å²) in [6.07, 6.45) is -2.64. The third-order valence-electron chi connectivity index (χ3n) is 2.17. The Morgan fingerprint density at radius 1 is 1.00 bits per heavy atom. The lowest BCUT2D eigenvalue weighted by atomic mass is 10.1. The molecule has 0 saturated heterocycles. The van der Waals surface area contributed by atoms with Crippen LogP contribution in [0.3, 0.4) is 0 Å². The van der Waals surface area contributed by atoms with Crippen LogP contribution in [0.4, 0.5) is 8.78 Å². The topological polar surface area (TPSA) is 20.2 Å². The van der Waals surface area contributed by atoms with Crippen LogP contribution in [0.2, 0.25) is 0 Å². The number of hydrogen-bond acceptors (Lipinski definition) is 1. The largest absolute Gasteiger partial charge is 0.507 e. The highest BCUT2D eigenvalue weighted by Crippen LogP contribution is 2.34. The quantitative estimate of drug-likeness (QED) is 0.736. The molecular formula is C11H8F2O. The fourth-order valence-electron chi connectivity index (χ4n) is 1.45. The van der Waals surface area contributed by atoms with Gasteiger partial charge in [-0.15, -0.1) is 0 Å². The van der Waals surface area contributed by atoms with Gasteiger partial charge in [0.15, 0.2) is 0 Å². The predicted molar refractivity (Wildman–Crippen MR) is 50.6 cm³/mol. The van der Waals surface area contributed by atoms with Gasteiger partial charge in [-0.2, -0.15) is 0 Å². The number of rotatable bonds is 1. The van der Waals surface area contributed by atoms with Crippen LogP contribution in [-0.2, 0) is 0 Å². The standard InChI is InChI=1S/C11H8F2O/c12-11(13)9-6-5-7-3-1-2-4-8(7)10(9)14/h1-6,11,14H. The summed E-state index contributed by atoms with van der Waals surface area (Å²) in [6, 6.07) is 9.72. The minimum atomic E-state index is -2.64. The summed E-state index contributed by atoms with van der Waals surface area (Å²) in [5.41, 5.74) is -0.316. The van der Waals surface area contributed by atoms with Gasteiger partial charge in [0, 0.05) is 5.39 Å². The van der Waals surface area contributed by atoms with E-state index in [9.17, 15) is 13.9 Å². The summed E-state index contributed by atoms with van der Waals surface area (Å²) in [5.74, 6) is -0.321. The normalized spacial score (nSPS) is 11.1. The molecule has 0 amide bonds. The first-order chi connectivity index (χ1) is 6.70. The Bertz CT molecular complexity index is 466. The number of hydrogen-bond donors (Lipinski definition) is 1. The maximum atomic E-state index is 12.4. The van der Waals surface area contributed by atoms with Gasteiger partial charge in [0.2, 0.25) is 0 Å². The molecule has 72 valence electrons. The van der Waals surface area contributed by atoms with Gasteiger partial charge in [0.05, 0.1) is 5.56 Å². The van der Waals surface area contributed by atoms with Crippen LogP contribution < -0.4 is 0 Å². The van der Waals surface area contributed by atoms with Crippen LogP contribution in [0.25, 0.3) is 10.8 Å². The molecular weight excluding hydrogens is 186 g/mol. The minimum Gasteiger partial charge on any atom is -0.507 e. The highest BCUT2D eigenvalue weighted by atomic mass is 19.3. The number of fused-ring (bicyclic) bond motifs is 1. The summed E-state index contributed by atoms with van der Waals surface area (Å²) in [4.78, 5) is 0. The molecule has 0 heterocycles. The van der Waals surface area contributed by atoms with Gasteiger partial charge in [0.25, 0.3) is 6.43 Å². The van der Waals surface area contributed by atoms with E-state index in [1.54, 1.807) is 30.3 Å². The van der Waals surface area contributed by atoms with Crippen LogP contribution in [0, 0.1) is 0 Å². The molecule has 0 aliphatic heterocycles. The zero-order valence-electron chi connectivity index (χ0n) is 7.24. The fraction of sp³-hybridized carbons (Fsp3) is 0.0909. The summed E-state index contributed by atoms with van der Waals surface area (Å²) >= 11 is 0. The number of phenolic OH excluding ortho intramolecular Hbond substituents is 1. The van der Waals surface area contributed by atoms with Gasteiger partial charge in [-0.3, -0.25) is 0 Å². The van der Waals surface area contributed by atoms with E-state index in [0.717, 1.165) is 5.39 Å². The molecule has 0 fully saturated rings. The Hall–Kier alpha value is -1.64. The molecule has 0 aliphatic carbocycles. The van der Waals surface area contributed by atoms with Gasteiger partial charge in [0.1, 0.15) is 5.75 Å². The van der Waals surface area contributed by atoms with Crippen LogP contribution >= 0.6 is 0 Å². The third kappa shape index (κ3) is 1.31. The summed E-state index contributed by atoms with van der Waals surface area (Å²) < 4.78 is 24.8. The van der Waals surface area contributed by atoms with E-state index in [1.165, 1.54) is 6.07 Å². The molecule has 0 aromatic heterocycles. The molecule has 2 aromatic rings. The van der Waals surface area contributed by atoms with Gasteiger partial charge in [-0.1, -0.05) is 30.3 Å². The van der Waals surface area contributed by atoms with E-state index in [0.29, 0.717) is 5.39 Å². The maximum absolute atomic E-state index is 12.4. The predicted octanol–water partition coefficient (Wildman–Crippen LogP) is 3.48. The lowest BCUT2D eigenvalue weighted by Gasteiger charge is -2.06. The van der Waals surface area contributed by atoms with Crippen molar-refractivity contribution in [3.63, 3.8) is 0 Å². The second-order valence-corrected chi connectivity index (χ2v) is 3.03. The van der Waals surface area contributed by atoms with Crippen molar-refractivity contribution < 1.29 is 13.9 Å². The monoisotopic (exact) mass is 194 g/mol. The average Bonchev–Trinajstić information content (AvgIpc) is 2.18. The van der Waals surface area contributed by atoms with Crippen LogP contribution in [-0.4, -0.2) is 5.11 Å². The first-order valence-electron chi connectivity index (χ1n) is 4.19. The van der Waals surface area contributed by atoms with E-state index in [4.69, 9.17) is 0 Å². The van der Waals surface area contributed by atoms with Gasteiger partial charge in [-0.25, -0.2) is 8.78 Å². The Labute approximate surface area is 79.6 Å². The van der Waals surface area contributed by atoms with Crippen molar-refractivity contribution in [2.45, 2.75) is 6.43 Å². The van der Waals surface area contributed by atoms with Gasteiger partial charge < -0.3 is 5.11 Å². The highest BCUT2D eigenvalue weighted by Gasteiger charge is 2.14. The summed E-state index contributed by atoms with van der Waals surface area (Å²) in [7, 11) is 0. The molecule has 0 bridgehead atoms. The van der Waals surface area contributed by atoms with Crippen LogP contribution in [0.1, 0.15) is 12.0 Å². The summed E-state index contributed by atoms with van der Waals surface area (Å²) in [5, 5.41) is 10.8. The molecule has 1 nitrogen and oxygen atoms in total. The van der Waals surface area contributed by atoms with E-state index >= 15 is 0 Å². The molecule has 0 unspecified atom stereocenters. The zero-order valence-corrected chi connectivity index (χ0v) is 7.24. The number of alkyl halides is 2. The van der Waals surface area contributed by atoms with Gasteiger partial charge in [-0.05, 0) is 11.5 Å². The van der Waals surface area contributed by atoms with E-state index < -0.39 is 6.43 Å². The lowest BCUT2D eigenvalue weighted by molar-refractivity contribution is 0.148. The first-order valence-corrected chi connectivity index (χ1v) is 4.19. The maximum Gasteiger partial charge on any atom is 0.267 e. The Morgan fingerprint density at radius 3 is 2.43 bits per heavy atom. The molecule has 0 saturated carbocycles. The molecule has 0 radical (unpaired) electrons. The molecule has 3 heteroatoms. The number of halogens is 2. The molecule has 0 aliphatic rings. The Balaban J connectivity index is 2.75. The fourth-order valence-corrected chi connectivity index (χ4v) is 1.45. The van der Waals surface area contributed by atoms with Crippen molar-refractivity contribution in [1.29, 1.82) is 0 Å². The Kier molecular flexibility index (Phi) is 2.08. The molecule has 0 spiro atoms. The smallest absolute Gasteiger partial charge is 0.267 e. The number of phenols is 1. The second-order valence-electron chi connectivity index (χ2n) is 3.03. The molecule has 14 heavy (non-hydrogen) atoms. The van der Waals surface area contributed by atoms with Crippen molar-refractivity contribution in [2.75, 3.05) is 0 Å². The van der Waals surface area contributed by atoms with Crippen molar-refractivity contribution in [2.24, 2.45) is 0 Å². The molecule has 0 atom stereocenters. The van der Waals surface area contributed by atoms with Crippen LogP contribution in [0.15, 0.2) is 36.4 Å². The molecule has 1 N–H and O–H groups in total. The highest BCUT2D eigenvalue weighted by molar-refractivity contribution is 5.89. The van der Waals surface area contributed by atoms with Gasteiger partial charge >= 0.3 is 0 Å². The van der Waals surface area contributed by atoms with E-state index in [-0.39, 0.29) is 11.3 Å². The number of aromatic hydroxyl groups is 1. The average molecular weight is 194 g/mol. The molecule has 2 aromatic carbocycles. The zero-order chi connectivity index (χ0) is 10.1. The van der Waals surface area contributed by atoms with E-state index in [1.807, 2.05) is 0 Å². The van der Waals surface area contributed by atoms with Crippen molar-refractivity contribution in [3.05, 3.63) is 42.0 Å². The van der Waals surface area contributed by atoms with Crippen molar-refractivity contribution in [1.82, 2.24) is 0 Å². The Morgan fingerprint density at radius 2 is 1.71 bits per heavy atom. The number of benzene rings is 2. The first kappa shape index (κ1) is 8.94.